The molecule has 6 nitrogen and oxygen atoms in total. The second kappa shape index (κ2) is 4.25. The fourth-order valence-electron chi connectivity index (χ4n) is 1.59. The molecule has 1 heterocycles. The minimum atomic E-state index is -0.945. The number of carbonyl (C=O) groups is 3. The van der Waals surface area contributed by atoms with Crippen LogP contribution in [0.25, 0.3) is 0 Å². The maximum Gasteiger partial charge on any atom is 0.335 e. The van der Waals surface area contributed by atoms with Crippen LogP contribution in [0.5, 0.6) is 0 Å². The Bertz CT molecular complexity index is 586. The zero-order valence-electron chi connectivity index (χ0n) is 8.94. The molecule has 0 atom stereocenters. The van der Waals surface area contributed by atoms with E-state index in [1.54, 1.807) is 6.07 Å². The van der Waals surface area contributed by atoms with Crippen molar-refractivity contribution in [2.45, 2.75) is 6.42 Å². The molecule has 4 amide bonds. The summed E-state index contributed by atoms with van der Waals surface area (Å²) in [5.74, 6) is -2.12. The lowest BCUT2D eigenvalue weighted by Gasteiger charge is -2.25. The third-order valence-corrected chi connectivity index (χ3v) is 2.33. The average Bonchev–Trinajstić information content (AvgIpc) is 2.29. The first kappa shape index (κ1) is 11.7. The van der Waals surface area contributed by atoms with Crippen LogP contribution < -0.4 is 10.2 Å². The van der Waals surface area contributed by atoms with Crippen LogP contribution in [0.3, 0.4) is 0 Å². The van der Waals surface area contributed by atoms with Gasteiger partial charge in [-0.05, 0) is 18.2 Å². The third-order valence-electron chi connectivity index (χ3n) is 2.33. The van der Waals surface area contributed by atoms with E-state index < -0.39 is 30.1 Å². The number of nitriles is 1. The second-order valence-electron chi connectivity index (χ2n) is 3.53. The van der Waals surface area contributed by atoms with Crippen LogP contribution in [-0.2, 0) is 9.59 Å². The Kier molecular flexibility index (Phi) is 2.77. The van der Waals surface area contributed by atoms with Crippen LogP contribution in [0.4, 0.5) is 14.9 Å². The summed E-state index contributed by atoms with van der Waals surface area (Å²) in [4.78, 5) is 34.8. The van der Waals surface area contributed by atoms with Gasteiger partial charge in [-0.15, -0.1) is 0 Å². The lowest BCUT2D eigenvalue weighted by molar-refractivity contribution is -0.128. The summed E-state index contributed by atoms with van der Waals surface area (Å²) in [7, 11) is 0. The number of nitrogens with zero attached hydrogens (tertiary/aromatic N) is 2. The van der Waals surface area contributed by atoms with Crippen molar-refractivity contribution < 1.29 is 18.8 Å². The van der Waals surface area contributed by atoms with E-state index in [1.807, 2.05) is 5.32 Å². The number of hydrogen-bond donors (Lipinski definition) is 1. The molecule has 1 aromatic rings. The van der Waals surface area contributed by atoms with Gasteiger partial charge in [0.15, 0.2) is 0 Å². The molecule has 0 aliphatic carbocycles. The first-order valence-corrected chi connectivity index (χ1v) is 4.89. The lowest BCUT2D eigenvalue weighted by atomic mass is 10.1. The Balaban J connectivity index is 2.49. The standard InChI is InChI=1S/C11H6FN3O3/c12-7-1-2-8(6(3-7)5-13)15-10(17)4-9(16)14-11(15)18/h1-3H,4H2,(H,14,16,18). The van der Waals surface area contributed by atoms with Crippen LogP contribution in [0.2, 0.25) is 0 Å². The number of anilines is 1. The van der Waals surface area contributed by atoms with Crippen LogP contribution in [0.1, 0.15) is 12.0 Å². The number of urea groups is 1. The SMILES string of the molecule is N#Cc1cc(F)ccc1N1C(=O)CC(=O)NC1=O. The number of carbonyl (C=O) groups excluding carboxylic acids is 3. The monoisotopic (exact) mass is 247 g/mol. The maximum absolute atomic E-state index is 12.9. The van der Waals surface area contributed by atoms with Crippen molar-refractivity contribution in [2.75, 3.05) is 4.90 Å². The number of amides is 4. The molecule has 1 aromatic carbocycles. The molecule has 0 aromatic heterocycles. The smallest absolute Gasteiger partial charge is 0.277 e. The number of hydrogen-bond acceptors (Lipinski definition) is 4. The van der Waals surface area contributed by atoms with Gasteiger partial charge >= 0.3 is 6.03 Å². The Hall–Kier alpha value is -2.75. The molecule has 0 radical (unpaired) electrons. The second-order valence-corrected chi connectivity index (χ2v) is 3.53. The van der Waals surface area contributed by atoms with Crippen molar-refractivity contribution in [1.82, 2.24) is 5.32 Å². The van der Waals surface area contributed by atoms with Gasteiger partial charge in [-0.25, -0.2) is 14.1 Å². The van der Waals surface area contributed by atoms with Gasteiger partial charge in [0, 0.05) is 0 Å². The highest BCUT2D eigenvalue weighted by molar-refractivity contribution is 6.26. The number of halogens is 1. The predicted molar refractivity (Wildman–Crippen MR) is 56.8 cm³/mol. The molecule has 2 rings (SSSR count). The summed E-state index contributed by atoms with van der Waals surface area (Å²) in [5, 5.41) is 10.8. The minimum absolute atomic E-state index is 0.0473. The third kappa shape index (κ3) is 1.91. The highest BCUT2D eigenvalue weighted by Gasteiger charge is 2.33. The van der Waals surface area contributed by atoms with E-state index in [1.165, 1.54) is 0 Å². The Morgan fingerprint density at radius 1 is 1.33 bits per heavy atom. The molecule has 1 N–H and O–H groups in total. The molecule has 0 saturated carbocycles. The van der Waals surface area contributed by atoms with Gasteiger partial charge in [0.05, 0.1) is 11.3 Å². The first-order chi connectivity index (χ1) is 8.52. The lowest BCUT2D eigenvalue weighted by Crippen LogP contribution is -2.53. The summed E-state index contributed by atoms with van der Waals surface area (Å²) >= 11 is 0. The zero-order valence-corrected chi connectivity index (χ0v) is 8.94. The van der Waals surface area contributed by atoms with E-state index in [2.05, 4.69) is 0 Å². The zero-order chi connectivity index (χ0) is 13.3. The minimum Gasteiger partial charge on any atom is -0.277 e. The predicted octanol–water partition coefficient (Wildman–Crippen LogP) is 0.670. The number of nitrogens with one attached hydrogen (secondary N) is 1. The van der Waals surface area contributed by atoms with E-state index in [-0.39, 0.29) is 11.3 Å². The molecule has 1 aliphatic rings. The normalized spacial score (nSPS) is 15.3. The van der Waals surface area contributed by atoms with E-state index in [4.69, 9.17) is 5.26 Å². The summed E-state index contributed by atoms with van der Waals surface area (Å²) in [6.45, 7) is 0. The molecular formula is C11H6FN3O3. The number of benzene rings is 1. The van der Waals surface area contributed by atoms with E-state index in [0.717, 1.165) is 18.2 Å². The quantitative estimate of drug-likeness (QED) is 0.738. The summed E-state index contributed by atoms with van der Waals surface area (Å²) in [6.07, 6.45) is -0.492. The van der Waals surface area contributed by atoms with Gasteiger partial charge in [0.1, 0.15) is 18.3 Å². The average molecular weight is 247 g/mol. The van der Waals surface area contributed by atoms with Gasteiger partial charge in [0.2, 0.25) is 11.8 Å². The van der Waals surface area contributed by atoms with Crippen molar-refractivity contribution in [2.24, 2.45) is 0 Å². The van der Waals surface area contributed by atoms with Crippen molar-refractivity contribution >= 4 is 23.5 Å². The summed E-state index contributed by atoms with van der Waals surface area (Å²) in [6, 6.07) is 3.81. The highest BCUT2D eigenvalue weighted by Crippen LogP contribution is 2.23. The molecule has 18 heavy (non-hydrogen) atoms. The molecule has 0 unspecified atom stereocenters. The van der Waals surface area contributed by atoms with Gasteiger partial charge in [-0.3, -0.25) is 14.9 Å². The van der Waals surface area contributed by atoms with Gasteiger partial charge in [0.25, 0.3) is 0 Å². The Morgan fingerprint density at radius 2 is 2.06 bits per heavy atom. The van der Waals surface area contributed by atoms with Gasteiger partial charge < -0.3 is 0 Å². The Labute approximate surface area is 101 Å². The van der Waals surface area contributed by atoms with Gasteiger partial charge in [-0.2, -0.15) is 5.26 Å². The van der Waals surface area contributed by atoms with Crippen molar-refractivity contribution in [3.8, 4) is 6.07 Å². The van der Waals surface area contributed by atoms with Crippen LogP contribution >= 0.6 is 0 Å². The first-order valence-electron chi connectivity index (χ1n) is 4.89. The molecule has 1 fully saturated rings. The molecule has 90 valence electrons. The number of rotatable bonds is 1. The van der Waals surface area contributed by atoms with Crippen molar-refractivity contribution in [3.05, 3.63) is 29.6 Å². The fourth-order valence-corrected chi connectivity index (χ4v) is 1.59. The highest BCUT2D eigenvalue weighted by atomic mass is 19.1. The Morgan fingerprint density at radius 3 is 2.67 bits per heavy atom. The van der Waals surface area contributed by atoms with Gasteiger partial charge in [-0.1, -0.05) is 0 Å². The molecule has 1 saturated heterocycles. The summed E-state index contributed by atoms with van der Waals surface area (Å²) < 4.78 is 12.9. The number of imide groups is 2. The molecule has 0 spiro atoms. The van der Waals surface area contributed by atoms with E-state index in [9.17, 15) is 18.8 Å². The molecule has 0 bridgehead atoms. The fraction of sp³-hybridized carbons (Fsp3) is 0.0909. The maximum atomic E-state index is 12.9. The van der Waals surface area contributed by atoms with Crippen molar-refractivity contribution in [3.63, 3.8) is 0 Å². The molecular weight excluding hydrogens is 241 g/mol. The van der Waals surface area contributed by atoms with E-state index in [0.29, 0.717) is 4.90 Å². The number of barbiturate groups is 1. The van der Waals surface area contributed by atoms with Crippen molar-refractivity contribution in [1.29, 1.82) is 5.26 Å². The van der Waals surface area contributed by atoms with Crippen LogP contribution in [0, 0.1) is 17.1 Å². The largest absolute Gasteiger partial charge is 0.335 e. The van der Waals surface area contributed by atoms with Crippen LogP contribution in [-0.4, -0.2) is 17.8 Å². The van der Waals surface area contributed by atoms with E-state index >= 15 is 0 Å². The summed E-state index contributed by atoms with van der Waals surface area (Å²) in [5.41, 5.74) is -0.207. The molecule has 1 aliphatic heterocycles. The molecule has 7 heteroatoms. The topological polar surface area (TPSA) is 90.3 Å². The van der Waals surface area contributed by atoms with Crippen LogP contribution in [0.15, 0.2) is 18.2 Å².